The Morgan fingerprint density at radius 1 is 0.850 bits per heavy atom. The molecule has 0 bridgehead atoms. The molecule has 204 valence electrons. The third kappa shape index (κ3) is 5.43. The molecule has 1 saturated carbocycles. The van der Waals surface area contributed by atoms with Crippen molar-refractivity contribution in [2.45, 2.75) is 25.7 Å². The summed E-state index contributed by atoms with van der Waals surface area (Å²) in [5.74, 6) is -2.30. The van der Waals surface area contributed by atoms with Crippen LogP contribution in [0, 0.1) is 22.0 Å². The number of carbonyl (C=O) groups is 4. The van der Waals surface area contributed by atoms with Gasteiger partial charge in [-0.25, -0.2) is 5.01 Å². The number of ketones is 1. The molecule has 0 aromatic heterocycles. The molecule has 3 aromatic carbocycles. The van der Waals surface area contributed by atoms with Crippen LogP contribution < -0.4 is 4.74 Å². The molecule has 3 aromatic rings. The number of ether oxygens (including phenoxy) is 1. The van der Waals surface area contributed by atoms with E-state index in [9.17, 15) is 29.3 Å². The number of amides is 3. The van der Waals surface area contributed by atoms with Crippen molar-refractivity contribution in [2.75, 3.05) is 6.54 Å². The highest BCUT2D eigenvalue weighted by molar-refractivity contribution is 6.30. The average Bonchev–Trinajstić information content (AvgIpc) is 3.22. The Morgan fingerprint density at radius 3 is 1.88 bits per heavy atom. The van der Waals surface area contributed by atoms with E-state index in [1.54, 1.807) is 12.1 Å². The van der Waals surface area contributed by atoms with Gasteiger partial charge in [0, 0.05) is 28.3 Å². The molecule has 2 atom stereocenters. The van der Waals surface area contributed by atoms with E-state index in [1.807, 2.05) is 0 Å². The lowest BCUT2D eigenvalue weighted by Crippen LogP contribution is -2.52. The molecule has 1 aliphatic heterocycles. The van der Waals surface area contributed by atoms with Crippen LogP contribution in [0.1, 0.15) is 46.4 Å². The van der Waals surface area contributed by atoms with Gasteiger partial charge in [-0.1, -0.05) is 24.4 Å². The maximum Gasteiger partial charge on any atom is 0.273 e. The molecule has 2 fully saturated rings. The normalized spacial score (nSPS) is 18.3. The quantitative estimate of drug-likeness (QED) is 0.155. The molecule has 1 saturated heterocycles. The summed E-state index contributed by atoms with van der Waals surface area (Å²) in [6.07, 6.45) is 2.79. The monoisotopic (exact) mass is 561 g/mol. The standard InChI is InChI=1S/C29H24ClN3O7/c30-20-9-5-19(6-10-20)27(35)31(32-28(36)24-3-1-2-4-25(24)29(32)37)17-26(34)18-7-13-22(14-8-18)40-23-15-11-21(12-16-23)33(38)39/h5-16,24-25H,1-4,17H2/t24-,25-/m1/s1. The third-order valence-electron chi connectivity index (χ3n) is 7.14. The SMILES string of the molecule is O=C(CN(C(=O)c1ccc(Cl)cc1)N1C(=O)[C@@H]2CCCC[C@H]2C1=O)c1ccc(Oc2ccc([N+](=O)[O-])cc2)cc1. The van der Waals surface area contributed by atoms with E-state index in [4.69, 9.17) is 16.3 Å². The molecule has 3 amide bonds. The van der Waals surface area contributed by atoms with Gasteiger partial charge >= 0.3 is 0 Å². The van der Waals surface area contributed by atoms with Gasteiger partial charge in [0.05, 0.1) is 16.8 Å². The maximum atomic E-state index is 13.6. The Bertz CT molecular complexity index is 1450. The van der Waals surface area contributed by atoms with Crippen molar-refractivity contribution < 1.29 is 28.8 Å². The zero-order valence-electron chi connectivity index (χ0n) is 21.2. The van der Waals surface area contributed by atoms with E-state index in [-0.39, 0.29) is 16.8 Å². The van der Waals surface area contributed by atoms with Crippen LogP contribution in [0.2, 0.25) is 5.02 Å². The van der Waals surface area contributed by atoms with Gasteiger partial charge < -0.3 is 4.74 Å². The number of nitro benzene ring substituents is 1. The van der Waals surface area contributed by atoms with Gasteiger partial charge in [0.1, 0.15) is 18.0 Å². The maximum absolute atomic E-state index is 13.6. The number of Topliss-reactive ketones (excluding diaryl/α,β-unsaturated/α-hetero) is 1. The number of carbonyl (C=O) groups excluding carboxylic acids is 4. The first-order chi connectivity index (χ1) is 19.2. The van der Waals surface area contributed by atoms with Crippen LogP contribution in [0.3, 0.4) is 0 Å². The van der Waals surface area contributed by atoms with E-state index in [0.29, 0.717) is 29.4 Å². The minimum Gasteiger partial charge on any atom is -0.457 e. The van der Waals surface area contributed by atoms with Crippen LogP contribution in [-0.4, -0.2) is 45.0 Å². The van der Waals surface area contributed by atoms with Crippen molar-refractivity contribution in [2.24, 2.45) is 11.8 Å². The van der Waals surface area contributed by atoms with Crippen LogP contribution in [0.15, 0.2) is 72.8 Å². The Morgan fingerprint density at radius 2 is 1.35 bits per heavy atom. The molecule has 0 N–H and O–H groups in total. The molecule has 40 heavy (non-hydrogen) atoms. The fraction of sp³-hybridized carbons (Fsp3) is 0.241. The van der Waals surface area contributed by atoms with E-state index < -0.39 is 46.8 Å². The molecule has 0 spiro atoms. The molecule has 0 radical (unpaired) electrons. The summed E-state index contributed by atoms with van der Waals surface area (Å²) in [5, 5.41) is 13.0. The van der Waals surface area contributed by atoms with Crippen LogP contribution in [0.25, 0.3) is 0 Å². The molecule has 11 heteroatoms. The molecule has 0 unspecified atom stereocenters. The van der Waals surface area contributed by atoms with Crippen molar-refractivity contribution in [1.29, 1.82) is 0 Å². The lowest BCUT2D eigenvalue weighted by molar-refractivity contribution is -0.384. The number of hydrogen-bond acceptors (Lipinski definition) is 7. The molecular formula is C29H24ClN3O7. The summed E-state index contributed by atoms with van der Waals surface area (Å²) in [6.45, 7) is -0.527. The largest absolute Gasteiger partial charge is 0.457 e. The highest BCUT2D eigenvalue weighted by Crippen LogP contribution is 2.39. The lowest BCUT2D eigenvalue weighted by Gasteiger charge is -2.30. The van der Waals surface area contributed by atoms with Crippen molar-refractivity contribution in [3.63, 3.8) is 0 Å². The number of benzene rings is 3. The number of halogens is 1. The fourth-order valence-electron chi connectivity index (χ4n) is 5.07. The summed E-state index contributed by atoms with van der Waals surface area (Å²) in [5.41, 5.74) is 0.348. The number of fused-ring (bicyclic) bond motifs is 1. The number of imide groups is 1. The van der Waals surface area contributed by atoms with Gasteiger partial charge in [-0.15, -0.1) is 0 Å². The van der Waals surface area contributed by atoms with Gasteiger partial charge in [-0.05, 0) is 73.5 Å². The number of nitro groups is 1. The zero-order valence-corrected chi connectivity index (χ0v) is 22.0. The van der Waals surface area contributed by atoms with E-state index in [2.05, 4.69) is 0 Å². The highest BCUT2D eigenvalue weighted by Gasteiger charge is 2.51. The number of nitrogens with zero attached hydrogens (tertiary/aromatic N) is 3. The first-order valence-electron chi connectivity index (χ1n) is 12.7. The molecular weight excluding hydrogens is 538 g/mol. The lowest BCUT2D eigenvalue weighted by atomic mass is 9.81. The third-order valence-corrected chi connectivity index (χ3v) is 7.39. The van der Waals surface area contributed by atoms with Crippen LogP contribution >= 0.6 is 11.6 Å². The predicted octanol–water partition coefficient (Wildman–Crippen LogP) is 5.46. The fourth-order valence-corrected chi connectivity index (χ4v) is 5.19. The highest BCUT2D eigenvalue weighted by atomic mass is 35.5. The van der Waals surface area contributed by atoms with Gasteiger partial charge in [0.15, 0.2) is 5.78 Å². The molecule has 1 heterocycles. The topological polar surface area (TPSA) is 127 Å². The minimum atomic E-state index is -0.663. The van der Waals surface area contributed by atoms with Gasteiger partial charge in [-0.2, -0.15) is 5.01 Å². The van der Waals surface area contributed by atoms with E-state index >= 15 is 0 Å². The van der Waals surface area contributed by atoms with Crippen molar-refractivity contribution in [3.8, 4) is 11.5 Å². The Balaban J connectivity index is 1.36. The second kappa shape index (κ2) is 11.3. The smallest absolute Gasteiger partial charge is 0.273 e. The van der Waals surface area contributed by atoms with Crippen molar-refractivity contribution in [1.82, 2.24) is 10.0 Å². The molecule has 1 aliphatic carbocycles. The van der Waals surface area contributed by atoms with Crippen LogP contribution in [-0.2, 0) is 9.59 Å². The van der Waals surface area contributed by atoms with E-state index in [0.717, 1.165) is 22.9 Å². The second-order valence-electron chi connectivity index (χ2n) is 9.66. The van der Waals surface area contributed by atoms with Crippen molar-refractivity contribution in [3.05, 3.63) is 99.1 Å². The summed E-state index contributed by atoms with van der Waals surface area (Å²) in [4.78, 5) is 63.8. The van der Waals surface area contributed by atoms with Crippen LogP contribution in [0.4, 0.5) is 5.69 Å². The number of rotatable bonds is 8. The second-order valence-corrected chi connectivity index (χ2v) is 10.1. The number of hydrazine groups is 1. The zero-order chi connectivity index (χ0) is 28.4. The summed E-state index contributed by atoms with van der Waals surface area (Å²) < 4.78 is 5.69. The Labute approximate surface area is 234 Å². The van der Waals surface area contributed by atoms with Crippen LogP contribution in [0.5, 0.6) is 11.5 Å². The summed E-state index contributed by atoms with van der Waals surface area (Å²) >= 11 is 5.96. The number of non-ortho nitro benzene ring substituents is 1. The molecule has 5 rings (SSSR count). The minimum absolute atomic E-state index is 0.0692. The summed E-state index contributed by atoms with van der Waals surface area (Å²) in [6, 6.07) is 17.6. The predicted molar refractivity (Wildman–Crippen MR) is 144 cm³/mol. The van der Waals surface area contributed by atoms with E-state index in [1.165, 1.54) is 60.7 Å². The molecule has 10 nitrogen and oxygen atoms in total. The molecule has 2 aliphatic rings. The first-order valence-corrected chi connectivity index (χ1v) is 13.1. The Hall–Kier alpha value is -4.57. The van der Waals surface area contributed by atoms with Gasteiger partial charge in [0.2, 0.25) is 0 Å². The first kappa shape index (κ1) is 27.0. The van der Waals surface area contributed by atoms with Crippen molar-refractivity contribution >= 4 is 40.8 Å². The average molecular weight is 562 g/mol. The Kier molecular flexibility index (Phi) is 7.61. The van der Waals surface area contributed by atoms with Gasteiger partial charge in [0.25, 0.3) is 23.4 Å². The number of hydrogen-bond donors (Lipinski definition) is 0. The summed E-state index contributed by atoms with van der Waals surface area (Å²) in [7, 11) is 0. The van der Waals surface area contributed by atoms with Gasteiger partial charge in [-0.3, -0.25) is 29.3 Å².